The maximum atomic E-state index is 12.9. The molecule has 1 N–H and O–H groups in total. The average molecular weight is 389 g/mol. The number of nitrogens with zero attached hydrogens (tertiary/aromatic N) is 2. The maximum absolute atomic E-state index is 12.9. The van der Waals surface area contributed by atoms with Crippen LogP contribution in [0.2, 0.25) is 0 Å². The molecule has 2 aromatic carbocycles. The molecule has 1 aliphatic heterocycles. The third-order valence-corrected chi connectivity index (χ3v) is 5.18. The van der Waals surface area contributed by atoms with Gasteiger partial charge in [-0.3, -0.25) is 9.59 Å². The minimum Gasteiger partial charge on any atom is -0.435 e. The highest BCUT2D eigenvalue weighted by atomic mass is 16.4. The Morgan fingerprint density at radius 2 is 1.72 bits per heavy atom. The van der Waals surface area contributed by atoms with Gasteiger partial charge < -0.3 is 14.6 Å². The zero-order valence-corrected chi connectivity index (χ0v) is 16.3. The quantitative estimate of drug-likeness (QED) is 0.723. The molecule has 0 aliphatic carbocycles. The Bertz CT molecular complexity index is 999. The van der Waals surface area contributed by atoms with Gasteiger partial charge in [0.05, 0.1) is 0 Å². The third-order valence-electron chi connectivity index (χ3n) is 5.18. The van der Waals surface area contributed by atoms with Crippen molar-refractivity contribution in [1.29, 1.82) is 0 Å². The van der Waals surface area contributed by atoms with E-state index in [1.807, 2.05) is 65.6 Å². The molecule has 1 aliphatic rings. The molecule has 1 aromatic heterocycles. The van der Waals surface area contributed by atoms with Gasteiger partial charge in [-0.15, -0.1) is 0 Å². The van der Waals surface area contributed by atoms with Crippen molar-refractivity contribution in [2.24, 2.45) is 5.92 Å². The number of oxazole rings is 1. The zero-order chi connectivity index (χ0) is 20.2. The van der Waals surface area contributed by atoms with Crippen molar-refractivity contribution >= 4 is 11.8 Å². The molecule has 1 saturated heterocycles. The first-order valence-corrected chi connectivity index (χ1v) is 9.77. The minimum absolute atomic E-state index is 0.0780. The molecule has 0 bridgehead atoms. The zero-order valence-electron chi connectivity index (χ0n) is 16.3. The summed E-state index contributed by atoms with van der Waals surface area (Å²) in [5, 5.41) is 2.98. The standard InChI is InChI=1S/C23H23N3O3/c1-16(27)26-13-12-17(15-26)14-24-22(28)20-21(18-8-4-2-5-9-18)29-23(25-20)19-10-6-3-7-11-19/h2-11,17H,12-15H2,1H3,(H,24,28). The van der Waals surface area contributed by atoms with Crippen molar-refractivity contribution in [3.63, 3.8) is 0 Å². The van der Waals surface area contributed by atoms with Crippen LogP contribution in [0.3, 0.4) is 0 Å². The minimum atomic E-state index is -0.268. The summed E-state index contributed by atoms with van der Waals surface area (Å²) in [7, 11) is 0. The molecule has 2 amide bonds. The van der Waals surface area contributed by atoms with E-state index in [1.54, 1.807) is 6.92 Å². The first kappa shape index (κ1) is 18.9. The molecule has 0 spiro atoms. The van der Waals surface area contributed by atoms with Gasteiger partial charge in [0.2, 0.25) is 11.8 Å². The van der Waals surface area contributed by atoms with Crippen LogP contribution in [0.15, 0.2) is 65.1 Å². The molecule has 0 saturated carbocycles. The molecule has 6 heteroatoms. The lowest BCUT2D eigenvalue weighted by Crippen LogP contribution is -2.32. The van der Waals surface area contributed by atoms with E-state index in [2.05, 4.69) is 10.3 Å². The molecule has 3 aromatic rings. The lowest BCUT2D eigenvalue weighted by atomic mass is 10.1. The van der Waals surface area contributed by atoms with E-state index in [1.165, 1.54) is 0 Å². The third kappa shape index (κ3) is 4.21. The van der Waals surface area contributed by atoms with Gasteiger partial charge in [-0.2, -0.15) is 0 Å². The highest BCUT2D eigenvalue weighted by Crippen LogP contribution is 2.29. The van der Waals surface area contributed by atoms with E-state index in [0.29, 0.717) is 24.7 Å². The Morgan fingerprint density at radius 1 is 1.07 bits per heavy atom. The van der Waals surface area contributed by atoms with Crippen LogP contribution in [0, 0.1) is 5.92 Å². The fourth-order valence-electron chi connectivity index (χ4n) is 3.57. The highest BCUT2D eigenvalue weighted by Gasteiger charge is 2.26. The van der Waals surface area contributed by atoms with Crippen LogP contribution in [-0.2, 0) is 4.79 Å². The van der Waals surface area contributed by atoms with Crippen molar-refractivity contribution in [2.75, 3.05) is 19.6 Å². The fraction of sp³-hybridized carbons (Fsp3) is 0.261. The predicted octanol–water partition coefficient (Wildman–Crippen LogP) is 3.61. The van der Waals surface area contributed by atoms with Gasteiger partial charge in [0, 0.05) is 37.7 Å². The van der Waals surface area contributed by atoms with E-state index in [0.717, 1.165) is 24.1 Å². The second-order valence-electron chi connectivity index (χ2n) is 7.26. The molecule has 148 valence electrons. The fourth-order valence-corrected chi connectivity index (χ4v) is 3.57. The summed E-state index contributed by atoms with van der Waals surface area (Å²) in [5.74, 6) is 0.936. The molecule has 0 radical (unpaired) electrons. The number of hydrogen-bond acceptors (Lipinski definition) is 4. The molecule has 6 nitrogen and oxygen atoms in total. The number of aromatic nitrogens is 1. The summed E-state index contributed by atoms with van der Waals surface area (Å²) in [6.45, 7) is 3.50. The number of likely N-dealkylation sites (tertiary alicyclic amines) is 1. The van der Waals surface area contributed by atoms with E-state index in [9.17, 15) is 9.59 Å². The Morgan fingerprint density at radius 3 is 2.34 bits per heavy atom. The largest absolute Gasteiger partial charge is 0.435 e. The van der Waals surface area contributed by atoms with Gasteiger partial charge in [-0.05, 0) is 24.5 Å². The number of rotatable bonds is 5. The Kier molecular flexibility index (Phi) is 5.42. The number of carbonyl (C=O) groups is 2. The lowest BCUT2D eigenvalue weighted by Gasteiger charge is -2.14. The van der Waals surface area contributed by atoms with E-state index < -0.39 is 0 Å². The smallest absolute Gasteiger partial charge is 0.273 e. The van der Waals surface area contributed by atoms with Crippen LogP contribution in [0.4, 0.5) is 0 Å². The van der Waals surface area contributed by atoms with E-state index in [4.69, 9.17) is 4.42 Å². The topological polar surface area (TPSA) is 75.4 Å². The summed E-state index contributed by atoms with van der Waals surface area (Å²) in [6.07, 6.45) is 0.888. The van der Waals surface area contributed by atoms with Crippen LogP contribution >= 0.6 is 0 Å². The summed E-state index contributed by atoms with van der Waals surface area (Å²) in [4.78, 5) is 30.8. The van der Waals surface area contributed by atoms with Gasteiger partial charge in [0.25, 0.3) is 5.91 Å². The monoisotopic (exact) mass is 389 g/mol. The summed E-state index contributed by atoms with van der Waals surface area (Å²) in [6, 6.07) is 19.0. The van der Waals surface area contributed by atoms with E-state index in [-0.39, 0.29) is 23.4 Å². The molecule has 1 atom stereocenters. The first-order valence-electron chi connectivity index (χ1n) is 9.77. The summed E-state index contributed by atoms with van der Waals surface area (Å²) >= 11 is 0. The number of amides is 2. The summed E-state index contributed by atoms with van der Waals surface area (Å²) in [5.41, 5.74) is 1.89. The molecule has 1 unspecified atom stereocenters. The SMILES string of the molecule is CC(=O)N1CCC(CNC(=O)c2nc(-c3ccccc3)oc2-c2ccccc2)C1. The highest BCUT2D eigenvalue weighted by molar-refractivity contribution is 5.98. The number of hydrogen-bond donors (Lipinski definition) is 1. The maximum Gasteiger partial charge on any atom is 0.273 e. The molecular weight excluding hydrogens is 366 g/mol. The second kappa shape index (κ2) is 8.31. The predicted molar refractivity (Wildman–Crippen MR) is 110 cm³/mol. The van der Waals surface area contributed by atoms with Gasteiger partial charge in [-0.25, -0.2) is 4.98 Å². The van der Waals surface area contributed by atoms with Gasteiger partial charge in [-0.1, -0.05) is 48.5 Å². The number of benzene rings is 2. The Balaban J connectivity index is 1.56. The van der Waals surface area contributed by atoms with Crippen LogP contribution in [0.25, 0.3) is 22.8 Å². The number of carbonyl (C=O) groups excluding carboxylic acids is 2. The van der Waals surface area contributed by atoms with Crippen molar-refractivity contribution < 1.29 is 14.0 Å². The van der Waals surface area contributed by atoms with E-state index >= 15 is 0 Å². The summed E-state index contributed by atoms with van der Waals surface area (Å²) < 4.78 is 6.00. The van der Waals surface area contributed by atoms with Crippen LogP contribution in [-0.4, -0.2) is 41.3 Å². The molecule has 4 rings (SSSR count). The molecule has 2 heterocycles. The van der Waals surface area contributed by atoms with Crippen molar-refractivity contribution in [3.05, 3.63) is 66.4 Å². The first-order chi connectivity index (χ1) is 14.1. The average Bonchev–Trinajstić information content (AvgIpc) is 3.41. The van der Waals surface area contributed by atoms with Gasteiger partial charge in [0.1, 0.15) is 0 Å². The lowest BCUT2D eigenvalue weighted by molar-refractivity contribution is -0.127. The molecule has 29 heavy (non-hydrogen) atoms. The second-order valence-corrected chi connectivity index (χ2v) is 7.26. The normalized spacial score (nSPS) is 16.0. The molecule has 1 fully saturated rings. The number of nitrogens with one attached hydrogen (secondary N) is 1. The van der Waals surface area contributed by atoms with Crippen LogP contribution in [0.5, 0.6) is 0 Å². The van der Waals surface area contributed by atoms with Crippen molar-refractivity contribution in [2.45, 2.75) is 13.3 Å². The van der Waals surface area contributed by atoms with Crippen molar-refractivity contribution in [1.82, 2.24) is 15.2 Å². The Labute approximate surface area is 169 Å². The van der Waals surface area contributed by atoms with Gasteiger partial charge >= 0.3 is 0 Å². The molecular formula is C23H23N3O3. The van der Waals surface area contributed by atoms with Crippen LogP contribution in [0.1, 0.15) is 23.8 Å². The van der Waals surface area contributed by atoms with Crippen LogP contribution < -0.4 is 5.32 Å². The van der Waals surface area contributed by atoms with Crippen molar-refractivity contribution in [3.8, 4) is 22.8 Å². The van der Waals surface area contributed by atoms with Gasteiger partial charge in [0.15, 0.2) is 11.5 Å². The Hall–Kier alpha value is -3.41.